The topological polar surface area (TPSA) is 96.1 Å². The molecule has 8 nitrogen and oxygen atoms in total. The van der Waals surface area contributed by atoms with E-state index in [1.54, 1.807) is 17.7 Å². The zero-order chi connectivity index (χ0) is 19.6. The molecule has 4 heterocycles. The SMILES string of the molecule is Nc1c(Nc2nc3ccccc3s2)ncnc1N1CCN(c2ccccn2)CC1. The molecule has 0 spiro atoms. The lowest BCUT2D eigenvalue weighted by Crippen LogP contribution is -2.47. The van der Waals surface area contributed by atoms with Crippen LogP contribution in [-0.2, 0) is 0 Å². The first-order valence-corrected chi connectivity index (χ1v) is 10.2. The number of nitrogens with two attached hydrogens (primary N) is 1. The van der Waals surface area contributed by atoms with Crippen molar-refractivity contribution in [3.05, 3.63) is 55.0 Å². The average molecular weight is 405 g/mol. The van der Waals surface area contributed by atoms with Crippen LogP contribution in [0.4, 0.5) is 28.3 Å². The molecule has 29 heavy (non-hydrogen) atoms. The van der Waals surface area contributed by atoms with Gasteiger partial charge in [-0.2, -0.15) is 0 Å². The first-order chi connectivity index (χ1) is 14.3. The molecule has 0 amide bonds. The van der Waals surface area contributed by atoms with Gasteiger partial charge >= 0.3 is 0 Å². The van der Waals surface area contributed by atoms with Crippen molar-refractivity contribution in [2.45, 2.75) is 0 Å². The average Bonchev–Trinajstić information content (AvgIpc) is 3.18. The predicted octanol–water partition coefficient (Wildman–Crippen LogP) is 3.13. The van der Waals surface area contributed by atoms with Gasteiger partial charge in [-0.1, -0.05) is 29.5 Å². The number of fused-ring (bicyclic) bond motifs is 1. The molecule has 5 rings (SSSR count). The van der Waals surface area contributed by atoms with Crippen LogP contribution in [0.2, 0.25) is 0 Å². The predicted molar refractivity (Wildman–Crippen MR) is 118 cm³/mol. The van der Waals surface area contributed by atoms with Crippen molar-refractivity contribution in [2.24, 2.45) is 0 Å². The fourth-order valence-corrected chi connectivity index (χ4v) is 4.32. The Morgan fingerprint density at radius 2 is 1.69 bits per heavy atom. The van der Waals surface area contributed by atoms with Gasteiger partial charge in [-0.3, -0.25) is 0 Å². The lowest BCUT2D eigenvalue weighted by Gasteiger charge is -2.36. The Kier molecular flexibility index (Phi) is 4.57. The summed E-state index contributed by atoms with van der Waals surface area (Å²) in [6.07, 6.45) is 3.37. The van der Waals surface area contributed by atoms with Crippen LogP contribution >= 0.6 is 11.3 Å². The van der Waals surface area contributed by atoms with E-state index in [0.29, 0.717) is 11.5 Å². The van der Waals surface area contributed by atoms with Gasteiger partial charge in [0.15, 0.2) is 16.8 Å². The zero-order valence-corrected chi connectivity index (χ0v) is 16.5. The first-order valence-electron chi connectivity index (χ1n) is 9.42. The molecular weight excluding hydrogens is 384 g/mol. The van der Waals surface area contributed by atoms with Crippen molar-refractivity contribution in [1.29, 1.82) is 0 Å². The number of anilines is 5. The van der Waals surface area contributed by atoms with E-state index in [1.165, 1.54) is 0 Å². The fourth-order valence-electron chi connectivity index (χ4n) is 3.45. The Morgan fingerprint density at radius 3 is 2.48 bits per heavy atom. The Labute approximate surface area is 172 Å². The van der Waals surface area contributed by atoms with Crippen LogP contribution in [0.25, 0.3) is 10.2 Å². The van der Waals surface area contributed by atoms with E-state index in [-0.39, 0.29) is 0 Å². The van der Waals surface area contributed by atoms with Crippen LogP contribution < -0.4 is 20.9 Å². The maximum absolute atomic E-state index is 6.42. The van der Waals surface area contributed by atoms with Crippen molar-refractivity contribution < 1.29 is 0 Å². The molecule has 0 atom stereocenters. The zero-order valence-electron chi connectivity index (χ0n) is 15.7. The molecule has 0 bridgehead atoms. The molecule has 4 aromatic rings. The van der Waals surface area contributed by atoms with E-state index >= 15 is 0 Å². The summed E-state index contributed by atoms with van der Waals surface area (Å²) >= 11 is 1.57. The maximum Gasteiger partial charge on any atom is 0.189 e. The third-order valence-electron chi connectivity index (χ3n) is 4.93. The minimum atomic E-state index is 0.540. The highest BCUT2D eigenvalue weighted by atomic mass is 32.1. The molecule has 1 fully saturated rings. The lowest BCUT2D eigenvalue weighted by atomic mass is 10.3. The quantitative estimate of drug-likeness (QED) is 0.536. The molecular formula is C20H20N8S. The van der Waals surface area contributed by atoms with Crippen molar-refractivity contribution >= 4 is 49.8 Å². The van der Waals surface area contributed by atoms with Gasteiger partial charge in [0.25, 0.3) is 0 Å². The second-order valence-electron chi connectivity index (χ2n) is 6.73. The molecule has 0 unspecified atom stereocenters. The first kappa shape index (κ1) is 17.6. The van der Waals surface area contributed by atoms with Gasteiger partial charge in [-0.15, -0.1) is 0 Å². The van der Waals surface area contributed by atoms with Crippen LogP contribution in [0.1, 0.15) is 0 Å². The van der Waals surface area contributed by atoms with Crippen LogP contribution in [0.3, 0.4) is 0 Å². The number of pyridine rings is 1. The van der Waals surface area contributed by atoms with Crippen LogP contribution in [0, 0.1) is 0 Å². The Bertz CT molecular complexity index is 1090. The number of para-hydroxylation sites is 1. The third-order valence-corrected chi connectivity index (χ3v) is 5.89. The molecule has 0 radical (unpaired) electrons. The monoisotopic (exact) mass is 404 g/mol. The third kappa shape index (κ3) is 3.52. The van der Waals surface area contributed by atoms with Gasteiger partial charge in [-0.05, 0) is 24.3 Å². The summed E-state index contributed by atoms with van der Waals surface area (Å²) in [5.74, 6) is 2.34. The van der Waals surface area contributed by atoms with E-state index in [0.717, 1.165) is 53.2 Å². The lowest BCUT2D eigenvalue weighted by molar-refractivity contribution is 0.642. The number of nitrogens with one attached hydrogen (secondary N) is 1. The van der Waals surface area contributed by atoms with Crippen LogP contribution in [-0.4, -0.2) is 46.1 Å². The highest BCUT2D eigenvalue weighted by Crippen LogP contribution is 2.32. The van der Waals surface area contributed by atoms with E-state index in [2.05, 4.69) is 35.1 Å². The molecule has 1 aliphatic rings. The molecule has 3 aromatic heterocycles. The van der Waals surface area contributed by atoms with E-state index in [4.69, 9.17) is 5.73 Å². The molecule has 1 aromatic carbocycles. The van der Waals surface area contributed by atoms with Gasteiger partial charge in [0.05, 0.1) is 10.2 Å². The minimum absolute atomic E-state index is 0.540. The summed E-state index contributed by atoms with van der Waals surface area (Å²) in [5, 5.41) is 4.03. The molecule has 9 heteroatoms. The number of benzene rings is 1. The molecule has 0 saturated carbocycles. The molecule has 3 N–H and O–H groups in total. The van der Waals surface area contributed by atoms with Crippen molar-refractivity contribution in [1.82, 2.24) is 19.9 Å². The number of thiazole rings is 1. The maximum atomic E-state index is 6.42. The van der Waals surface area contributed by atoms with E-state index in [1.807, 2.05) is 48.7 Å². The number of nitrogen functional groups attached to an aromatic ring is 1. The number of aromatic nitrogens is 4. The highest BCUT2D eigenvalue weighted by Gasteiger charge is 2.22. The normalized spacial score (nSPS) is 14.3. The summed E-state index contributed by atoms with van der Waals surface area (Å²) < 4.78 is 1.12. The summed E-state index contributed by atoms with van der Waals surface area (Å²) in [4.78, 5) is 22.3. The number of piperazine rings is 1. The largest absolute Gasteiger partial charge is 0.393 e. The Hall–Kier alpha value is -3.46. The second-order valence-corrected chi connectivity index (χ2v) is 7.76. The highest BCUT2D eigenvalue weighted by molar-refractivity contribution is 7.22. The summed E-state index contributed by atoms with van der Waals surface area (Å²) in [5.41, 5.74) is 7.92. The smallest absolute Gasteiger partial charge is 0.189 e. The van der Waals surface area contributed by atoms with Crippen molar-refractivity contribution in [3.63, 3.8) is 0 Å². The van der Waals surface area contributed by atoms with Crippen LogP contribution in [0.5, 0.6) is 0 Å². The number of rotatable bonds is 4. The standard InChI is InChI=1S/C20H20N8S/c21-17-18(26-20-25-14-5-1-2-6-15(14)29-20)23-13-24-19(17)28-11-9-27(10-12-28)16-7-3-4-8-22-16/h1-8,13H,9-12,21H2,(H,23,24,25,26). The van der Waals surface area contributed by atoms with E-state index < -0.39 is 0 Å². The molecule has 146 valence electrons. The minimum Gasteiger partial charge on any atom is -0.393 e. The summed E-state index contributed by atoms with van der Waals surface area (Å²) in [7, 11) is 0. The fraction of sp³-hybridized carbons (Fsp3) is 0.200. The van der Waals surface area contributed by atoms with Crippen molar-refractivity contribution in [2.75, 3.05) is 47.0 Å². The summed E-state index contributed by atoms with van der Waals surface area (Å²) in [6, 6.07) is 14.0. The number of nitrogens with zero attached hydrogens (tertiary/aromatic N) is 6. The number of hydrogen-bond acceptors (Lipinski definition) is 9. The number of hydrogen-bond donors (Lipinski definition) is 2. The Balaban J connectivity index is 1.33. The second kappa shape index (κ2) is 7.51. The van der Waals surface area contributed by atoms with Gasteiger partial charge in [-0.25, -0.2) is 19.9 Å². The molecule has 0 aliphatic carbocycles. The van der Waals surface area contributed by atoms with Crippen LogP contribution in [0.15, 0.2) is 55.0 Å². The van der Waals surface area contributed by atoms with Gasteiger partial charge in [0.1, 0.15) is 17.8 Å². The van der Waals surface area contributed by atoms with Gasteiger partial charge < -0.3 is 20.9 Å². The van der Waals surface area contributed by atoms with Crippen molar-refractivity contribution in [3.8, 4) is 0 Å². The van der Waals surface area contributed by atoms with E-state index in [9.17, 15) is 0 Å². The molecule has 1 aliphatic heterocycles. The summed E-state index contributed by atoms with van der Waals surface area (Å²) in [6.45, 7) is 3.36. The van der Waals surface area contributed by atoms with Gasteiger partial charge in [0, 0.05) is 32.4 Å². The molecule has 1 saturated heterocycles. The Morgan fingerprint density at radius 1 is 0.897 bits per heavy atom. The van der Waals surface area contributed by atoms with Gasteiger partial charge in [0.2, 0.25) is 0 Å².